The number of thioether (sulfide) groups is 1. The molecule has 0 bridgehead atoms. The molecule has 1 aliphatic rings. The molecule has 4 rings (SSSR count). The van der Waals surface area contributed by atoms with Gasteiger partial charge in [-0.15, -0.1) is 0 Å². The molecule has 34 heavy (non-hydrogen) atoms. The SMILES string of the molecule is COc1cc([N+](=O)[O-])ccc1-c1ccc(/C=C2/SC(=O)N(CC(=O)c3ccc(Cl)cc3)C2=O)o1. The Morgan fingerprint density at radius 1 is 1.18 bits per heavy atom. The summed E-state index contributed by atoms with van der Waals surface area (Å²) in [4.78, 5) is 49.0. The summed E-state index contributed by atoms with van der Waals surface area (Å²) in [6.07, 6.45) is 1.40. The van der Waals surface area contributed by atoms with Crippen LogP contribution in [0, 0.1) is 10.1 Å². The van der Waals surface area contributed by atoms with Crippen LogP contribution in [0.2, 0.25) is 5.02 Å². The van der Waals surface area contributed by atoms with Crippen molar-refractivity contribution in [3.05, 3.63) is 86.0 Å². The molecule has 172 valence electrons. The van der Waals surface area contributed by atoms with Gasteiger partial charge < -0.3 is 9.15 Å². The number of methoxy groups -OCH3 is 1. The van der Waals surface area contributed by atoms with Crippen molar-refractivity contribution in [2.75, 3.05) is 13.7 Å². The highest BCUT2D eigenvalue weighted by Gasteiger charge is 2.36. The Morgan fingerprint density at radius 2 is 1.91 bits per heavy atom. The van der Waals surface area contributed by atoms with Crippen molar-refractivity contribution in [3.63, 3.8) is 0 Å². The van der Waals surface area contributed by atoms with Gasteiger partial charge in [0.1, 0.15) is 17.3 Å². The van der Waals surface area contributed by atoms with Gasteiger partial charge in [-0.25, -0.2) is 0 Å². The third-order valence-electron chi connectivity index (χ3n) is 4.90. The van der Waals surface area contributed by atoms with E-state index in [0.717, 1.165) is 4.90 Å². The molecule has 0 spiro atoms. The first-order valence-electron chi connectivity index (χ1n) is 9.73. The molecule has 1 aromatic heterocycles. The van der Waals surface area contributed by atoms with Crippen molar-refractivity contribution in [2.24, 2.45) is 0 Å². The quantitative estimate of drug-likeness (QED) is 0.183. The predicted molar refractivity (Wildman–Crippen MR) is 126 cm³/mol. The van der Waals surface area contributed by atoms with E-state index in [4.69, 9.17) is 20.8 Å². The predicted octanol–water partition coefficient (Wildman–Crippen LogP) is 5.44. The maximum atomic E-state index is 12.7. The number of Topliss-reactive ketones (excluding diaryl/α,β-unsaturated/α-hetero) is 1. The van der Waals surface area contributed by atoms with Gasteiger partial charge in [-0.2, -0.15) is 0 Å². The van der Waals surface area contributed by atoms with Gasteiger partial charge >= 0.3 is 0 Å². The lowest BCUT2D eigenvalue weighted by molar-refractivity contribution is -0.384. The van der Waals surface area contributed by atoms with Crippen LogP contribution in [0.4, 0.5) is 10.5 Å². The first-order valence-corrected chi connectivity index (χ1v) is 10.9. The summed E-state index contributed by atoms with van der Waals surface area (Å²) in [5.74, 6) is -0.120. The van der Waals surface area contributed by atoms with Gasteiger partial charge in [-0.3, -0.25) is 29.4 Å². The van der Waals surface area contributed by atoms with Crippen molar-refractivity contribution in [2.45, 2.75) is 0 Å². The first-order chi connectivity index (χ1) is 16.3. The molecular formula is C23H15ClN2O7S. The molecule has 2 amide bonds. The number of hydrogen-bond acceptors (Lipinski definition) is 8. The fourth-order valence-corrected chi connectivity index (χ4v) is 4.15. The number of ether oxygens (including phenoxy) is 1. The summed E-state index contributed by atoms with van der Waals surface area (Å²) in [7, 11) is 1.38. The lowest BCUT2D eigenvalue weighted by Crippen LogP contribution is -2.33. The Labute approximate surface area is 202 Å². The Bertz CT molecular complexity index is 1350. The number of nitro benzene ring substituents is 1. The number of nitro groups is 1. The van der Waals surface area contributed by atoms with Crippen LogP contribution in [-0.4, -0.2) is 40.4 Å². The lowest BCUT2D eigenvalue weighted by Gasteiger charge is -2.11. The van der Waals surface area contributed by atoms with Crippen molar-refractivity contribution < 1.29 is 28.5 Å². The Hall–Kier alpha value is -3.89. The minimum Gasteiger partial charge on any atom is -0.496 e. The van der Waals surface area contributed by atoms with Crippen LogP contribution in [0.25, 0.3) is 17.4 Å². The summed E-state index contributed by atoms with van der Waals surface area (Å²) >= 11 is 6.52. The van der Waals surface area contributed by atoms with Gasteiger partial charge in [0.25, 0.3) is 16.8 Å². The van der Waals surface area contributed by atoms with Gasteiger partial charge in [0.15, 0.2) is 5.78 Å². The largest absolute Gasteiger partial charge is 0.496 e. The second-order valence-electron chi connectivity index (χ2n) is 7.04. The van der Waals surface area contributed by atoms with Crippen molar-refractivity contribution >= 4 is 52.1 Å². The topological polar surface area (TPSA) is 120 Å². The zero-order valence-electron chi connectivity index (χ0n) is 17.5. The lowest BCUT2D eigenvalue weighted by atomic mass is 10.1. The first kappa shape index (κ1) is 23.3. The molecule has 1 fully saturated rings. The standard InChI is InChI=1S/C23H15ClN2O7S/c1-32-20-10-15(26(30)31)6-8-17(20)19-9-7-16(33-19)11-21-22(28)25(23(29)34-21)12-18(27)13-2-4-14(24)5-3-13/h2-11H,12H2,1H3/b21-11+. The zero-order chi connectivity index (χ0) is 24.4. The molecule has 0 saturated carbocycles. The third-order valence-corrected chi connectivity index (χ3v) is 6.06. The molecule has 0 N–H and O–H groups in total. The van der Waals surface area contributed by atoms with Crippen LogP contribution in [0.1, 0.15) is 16.1 Å². The van der Waals surface area contributed by atoms with E-state index < -0.39 is 28.4 Å². The van der Waals surface area contributed by atoms with E-state index in [0.29, 0.717) is 33.7 Å². The average molecular weight is 499 g/mol. The third kappa shape index (κ3) is 4.73. The normalized spacial score (nSPS) is 14.6. The number of furan rings is 1. The van der Waals surface area contributed by atoms with E-state index in [1.54, 1.807) is 24.3 Å². The van der Waals surface area contributed by atoms with Crippen LogP contribution in [0.5, 0.6) is 5.75 Å². The number of carbonyl (C=O) groups excluding carboxylic acids is 3. The number of amides is 2. The number of hydrogen-bond donors (Lipinski definition) is 0. The van der Waals surface area contributed by atoms with Crippen molar-refractivity contribution in [1.29, 1.82) is 0 Å². The van der Waals surface area contributed by atoms with Gasteiger partial charge in [0.2, 0.25) is 0 Å². The fraction of sp³-hybridized carbons (Fsp3) is 0.0870. The molecule has 11 heteroatoms. The molecule has 0 atom stereocenters. The van der Waals surface area contributed by atoms with E-state index in [9.17, 15) is 24.5 Å². The van der Waals surface area contributed by atoms with Gasteiger partial charge in [0.05, 0.1) is 35.1 Å². The second kappa shape index (κ2) is 9.54. The number of benzene rings is 2. The van der Waals surface area contributed by atoms with E-state index in [-0.39, 0.29) is 22.1 Å². The Morgan fingerprint density at radius 3 is 2.59 bits per heavy atom. The van der Waals surface area contributed by atoms with E-state index in [1.807, 2.05) is 0 Å². The Kier molecular flexibility index (Phi) is 6.53. The number of imide groups is 1. The van der Waals surface area contributed by atoms with Crippen molar-refractivity contribution in [1.82, 2.24) is 4.90 Å². The molecule has 0 unspecified atom stereocenters. The van der Waals surface area contributed by atoms with Crippen LogP contribution < -0.4 is 4.74 Å². The monoisotopic (exact) mass is 498 g/mol. The highest BCUT2D eigenvalue weighted by atomic mass is 35.5. The highest BCUT2D eigenvalue weighted by Crippen LogP contribution is 2.36. The van der Waals surface area contributed by atoms with Gasteiger partial charge in [-0.05, 0) is 54.2 Å². The van der Waals surface area contributed by atoms with Crippen LogP contribution in [0.15, 0.2) is 63.9 Å². The van der Waals surface area contributed by atoms with Crippen LogP contribution in [0.3, 0.4) is 0 Å². The number of rotatable bonds is 7. The number of non-ortho nitro benzene ring substituents is 1. The molecule has 2 heterocycles. The molecule has 1 aliphatic heterocycles. The minimum atomic E-state index is -0.608. The van der Waals surface area contributed by atoms with E-state index in [1.165, 1.54) is 43.5 Å². The molecule has 1 saturated heterocycles. The van der Waals surface area contributed by atoms with Gasteiger partial charge in [-0.1, -0.05) is 11.6 Å². The van der Waals surface area contributed by atoms with Crippen LogP contribution >= 0.6 is 23.4 Å². The molecule has 2 aromatic carbocycles. The summed E-state index contributed by atoms with van der Waals surface area (Å²) in [5, 5.41) is 10.9. The summed E-state index contributed by atoms with van der Waals surface area (Å²) in [6.45, 7) is -0.396. The fourth-order valence-electron chi connectivity index (χ4n) is 3.21. The summed E-state index contributed by atoms with van der Waals surface area (Å²) in [5.41, 5.74) is 0.684. The zero-order valence-corrected chi connectivity index (χ0v) is 19.1. The molecule has 9 nitrogen and oxygen atoms in total. The van der Waals surface area contributed by atoms with E-state index in [2.05, 4.69) is 0 Å². The second-order valence-corrected chi connectivity index (χ2v) is 8.47. The molecule has 3 aromatic rings. The van der Waals surface area contributed by atoms with E-state index >= 15 is 0 Å². The minimum absolute atomic E-state index is 0.102. The molecular weight excluding hydrogens is 484 g/mol. The average Bonchev–Trinajstić information content (AvgIpc) is 3.39. The van der Waals surface area contributed by atoms with Gasteiger partial charge in [0, 0.05) is 22.7 Å². The number of halogens is 1. The molecule has 0 aliphatic carbocycles. The number of nitrogens with zero attached hydrogens (tertiary/aromatic N) is 2. The Balaban J connectivity index is 1.53. The van der Waals surface area contributed by atoms with Crippen molar-refractivity contribution in [3.8, 4) is 17.1 Å². The molecule has 0 radical (unpaired) electrons. The highest BCUT2D eigenvalue weighted by molar-refractivity contribution is 8.18. The maximum Gasteiger partial charge on any atom is 0.293 e. The summed E-state index contributed by atoms with van der Waals surface area (Å²) < 4.78 is 11.0. The summed E-state index contributed by atoms with van der Waals surface area (Å²) in [6, 6.07) is 13.5. The maximum absolute atomic E-state index is 12.7. The van der Waals surface area contributed by atoms with Crippen LogP contribution in [-0.2, 0) is 4.79 Å². The smallest absolute Gasteiger partial charge is 0.293 e. The number of carbonyl (C=O) groups is 3. The number of ketones is 1.